The fraction of sp³-hybridized carbons (Fsp3) is 0.214. The molecule has 0 atom stereocenters. The summed E-state index contributed by atoms with van der Waals surface area (Å²) in [6.45, 7) is 0.953. The quantitative estimate of drug-likeness (QED) is 0.854. The number of halogens is 1. The van der Waals surface area contributed by atoms with Crippen molar-refractivity contribution in [1.29, 1.82) is 0 Å². The summed E-state index contributed by atoms with van der Waals surface area (Å²) in [4.78, 5) is 23.2. The van der Waals surface area contributed by atoms with Crippen LogP contribution in [0.15, 0.2) is 36.7 Å². The Bertz CT molecular complexity index is 637. The molecule has 0 fully saturated rings. The number of hydrogen-bond acceptors (Lipinski definition) is 4. The van der Waals surface area contributed by atoms with Crippen molar-refractivity contribution in [3.8, 4) is 0 Å². The van der Waals surface area contributed by atoms with E-state index in [0.717, 1.165) is 0 Å². The van der Waals surface area contributed by atoms with Crippen molar-refractivity contribution in [3.63, 3.8) is 0 Å². The van der Waals surface area contributed by atoms with E-state index in [9.17, 15) is 9.59 Å². The second-order valence-corrected chi connectivity index (χ2v) is 4.68. The molecule has 0 bridgehead atoms. The molecule has 1 aromatic heterocycles. The van der Waals surface area contributed by atoms with Crippen LogP contribution in [0.4, 0.5) is 0 Å². The van der Waals surface area contributed by atoms with Gasteiger partial charge < -0.3 is 10.1 Å². The number of benzene rings is 1. The van der Waals surface area contributed by atoms with E-state index in [0.29, 0.717) is 29.2 Å². The monoisotopic (exact) mass is 307 g/mol. The van der Waals surface area contributed by atoms with Gasteiger partial charge in [0.05, 0.1) is 30.4 Å². The largest absolute Gasteiger partial charge is 0.465 e. The number of amides is 1. The first-order valence-electron chi connectivity index (χ1n) is 6.24. The number of nitrogens with one attached hydrogen (secondary N) is 1. The van der Waals surface area contributed by atoms with Crippen LogP contribution in [0.25, 0.3) is 0 Å². The van der Waals surface area contributed by atoms with Crippen LogP contribution in [0.1, 0.15) is 20.7 Å². The Morgan fingerprint density at radius 1 is 1.29 bits per heavy atom. The SMILES string of the molecule is COC(=O)c1ccc(C(=O)NCCn2cc(Cl)cn2)cc1. The molecule has 0 radical (unpaired) electrons. The van der Waals surface area contributed by atoms with Gasteiger partial charge in [0.2, 0.25) is 0 Å². The first-order valence-corrected chi connectivity index (χ1v) is 6.62. The highest BCUT2D eigenvalue weighted by atomic mass is 35.5. The third kappa shape index (κ3) is 4.06. The number of hydrogen-bond donors (Lipinski definition) is 1. The van der Waals surface area contributed by atoms with E-state index in [2.05, 4.69) is 15.2 Å². The summed E-state index contributed by atoms with van der Waals surface area (Å²) in [7, 11) is 1.31. The summed E-state index contributed by atoms with van der Waals surface area (Å²) in [5.74, 6) is -0.651. The number of carbonyl (C=O) groups excluding carboxylic acids is 2. The van der Waals surface area contributed by atoms with Gasteiger partial charge in [0.1, 0.15) is 0 Å². The minimum absolute atomic E-state index is 0.218. The van der Waals surface area contributed by atoms with E-state index in [1.54, 1.807) is 35.1 Å². The van der Waals surface area contributed by atoms with Gasteiger partial charge in [-0.3, -0.25) is 9.48 Å². The van der Waals surface area contributed by atoms with Crippen molar-refractivity contribution < 1.29 is 14.3 Å². The molecular weight excluding hydrogens is 294 g/mol. The average Bonchev–Trinajstić information content (AvgIpc) is 2.92. The van der Waals surface area contributed by atoms with Gasteiger partial charge in [0, 0.05) is 18.3 Å². The van der Waals surface area contributed by atoms with E-state index in [-0.39, 0.29) is 5.91 Å². The highest BCUT2D eigenvalue weighted by Crippen LogP contribution is 2.06. The smallest absolute Gasteiger partial charge is 0.337 e. The minimum Gasteiger partial charge on any atom is -0.465 e. The molecule has 1 aromatic carbocycles. The first kappa shape index (κ1) is 15.1. The predicted molar refractivity (Wildman–Crippen MR) is 77.4 cm³/mol. The molecule has 0 saturated heterocycles. The number of aromatic nitrogens is 2. The summed E-state index contributed by atoms with van der Waals surface area (Å²) in [5.41, 5.74) is 0.876. The molecule has 21 heavy (non-hydrogen) atoms. The average molecular weight is 308 g/mol. The maximum absolute atomic E-state index is 11.9. The molecule has 2 aromatic rings. The van der Waals surface area contributed by atoms with Crippen LogP contribution in [0, 0.1) is 0 Å². The van der Waals surface area contributed by atoms with Gasteiger partial charge in [-0.1, -0.05) is 11.6 Å². The molecule has 1 amide bonds. The highest BCUT2D eigenvalue weighted by Gasteiger charge is 2.08. The Kier molecular flexibility index (Phi) is 4.94. The zero-order valence-corrected chi connectivity index (χ0v) is 12.1. The van der Waals surface area contributed by atoms with Crippen LogP contribution < -0.4 is 5.32 Å². The number of esters is 1. The number of nitrogens with zero attached hydrogens (tertiary/aromatic N) is 2. The molecule has 0 aliphatic rings. The molecule has 1 N–H and O–H groups in total. The Hall–Kier alpha value is -2.34. The summed E-state index contributed by atoms with van der Waals surface area (Å²) in [6, 6.07) is 6.25. The van der Waals surface area contributed by atoms with Gasteiger partial charge in [-0.15, -0.1) is 0 Å². The number of methoxy groups -OCH3 is 1. The summed E-state index contributed by atoms with van der Waals surface area (Å²) in [6.07, 6.45) is 3.22. The Labute approximate surface area is 126 Å². The molecule has 110 valence electrons. The molecule has 0 saturated carbocycles. The lowest BCUT2D eigenvalue weighted by molar-refractivity contribution is 0.0600. The fourth-order valence-electron chi connectivity index (χ4n) is 1.72. The first-order chi connectivity index (χ1) is 10.1. The molecule has 1 heterocycles. The van der Waals surface area contributed by atoms with Crippen LogP contribution >= 0.6 is 11.6 Å². The maximum atomic E-state index is 11.9. The second-order valence-electron chi connectivity index (χ2n) is 4.25. The lowest BCUT2D eigenvalue weighted by Gasteiger charge is -2.06. The van der Waals surface area contributed by atoms with Crippen LogP contribution in [-0.4, -0.2) is 35.3 Å². The van der Waals surface area contributed by atoms with Crippen LogP contribution in [-0.2, 0) is 11.3 Å². The zero-order chi connectivity index (χ0) is 15.2. The molecule has 2 rings (SSSR count). The standard InChI is InChI=1S/C14H14ClN3O3/c1-21-14(20)11-4-2-10(3-5-11)13(19)16-6-7-18-9-12(15)8-17-18/h2-5,8-9H,6-7H2,1H3,(H,16,19). The zero-order valence-electron chi connectivity index (χ0n) is 11.4. The van der Waals surface area contributed by atoms with Gasteiger partial charge >= 0.3 is 5.97 Å². The van der Waals surface area contributed by atoms with Gasteiger partial charge in [-0.2, -0.15) is 5.10 Å². The van der Waals surface area contributed by atoms with Gasteiger partial charge in [-0.25, -0.2) is 4.79 Å². The second kappa shape index (κ2) is 6.90. The lowest BCUT2D eigenvalue weighted by atomic mass is 10.1. The minimum atomic E-state index is -0.433. The van der Waals surface area contributed by atoms with Gasteiger partial charge in [-0.05, 0) is 24.3 Å². The van der Waals surface area contributed by atoms with Crippen LogP contribution in [0.3, 0.4) is 0 Å². The molecule has 6 nitrogen and oxygen atoms in total. The van der Waals surface area contributed by atoms with Crippen molar-refractivity contribution in [3.05, 3.63) is 52.8 Å². The Balaban J connectivity index is 1.87. The molecule has 0 aliphatic heterocycles. The summed E-state index contributed by atoms with van der Waals surface area (Å²) >= 11 is 5.74. The highest BCUT2D eigenvalue weighted by molar-refractivity contribution is 6.30. The van der Waals surface area contributed by atoms with Crippen molar-refractivity contribution in [1.82, 2.24) is 15.1 Å². The molecular formula is C14H14ClN3O3. The topological polar surface area (TPSA) is 73.2 Å². The normalized spacial score (nSPS) is 10.2. The van der Waals surface area contributed by atoms with Crippen molar-refractivity contribution in [2.24, 2.45) is 0 Å². The third-order valence-corrected chi connectivity index (χ3v) is 2.99. The Morgan fingerprint density at radius 3 is 2.52 bits per heavy atom. The molecule has 7 heteroatoms. The summed E-state index contributed by atoms with van der Waals surface area (Å²) in [5, 5.41) is 7.32. The van der Waals surface area contributed by atoms with Gasteiger partial charge in [0.25, 0.3) is 5.91 Å². The lowest BCUT2D eigenvalue weighted by Crippen LogP contribution is -2.27. The number of ether oxygens (including phenoxy) is 1. The summed E-state index contributed by atoms with van der Waals surface area (Å²) < 4.78 is 6.23. The van der Waals surface area contributed by atoms with Crippen molar-refractivity contribution >= 4 is 23.5 Å². The van der Waals surface area contributed by atoms with Crippen LogP contribution in [0.5, 0.6) is 0 Å². The number of carbonyl (C=O) groups is 2. The van der Waals surface area contributed by atoms with E-state index in [4.69, 9.17) is 11.6 Å². The van der Waals surface area contributed by atoms with E-state index < -0.39 is 5.97 Å². The van der Waals surface area contributed by atoms with Crippen molar-refractivity contribution in [2.75, 3.05) is 13.7 Å². The molecule has 0 spiro atoms. The van der Waals surface area contributed by atoms with E-state index in [1.165, 1.54) is 13.3 Å². The number of rotatable bonds is 5. The van der Waals surface area contributed by atoms with E-state index in [1.807, 2.05) is 0 Å². The molecule has 0 aliphatic carbocycles. The van der Waals surface area contributed by atoms with E-state index >= 15 is 0 Å². The van der Waals surface area contributed by atoms with Crippen molar-refractivity contribution in [2.45, 2.75) is 6.54 Å². The van der Waals surface area contributed by atoms with Crippen LogP contribution in [0.2, 0.25) is 5.02 Å². The molecule has 0 unspecified atom stereocenters. The van der Waals surface area contributed by atoms with Gasteiger partial charge in [0.15, 0.2) is 0 Å². The maximum Gasteiger partial charge on any atom is 0.337 e. The fourth-order valence-corrected chi connectivity index (χ4v) is 1.88. The Morgan fingerprint density at radius 2 is 1.95 bits per heavy atom. The predicted octanol–water partition coefficient (Wildman–Crippen LogP) is 1.75. The third-order valence-electron chi connectivity index (χ3n) is 2.80.